The summed E-state index contributed by atoms with van der Waals surface area (Å²) in [4.78, 5) is 97.4. The van der Waals surface area contributed by atoms with Crippen LogP contribution in [0.1, 0.15) is 322 Å². The van der Waals surface area contributed by atoms with Gasteiger partial charge in [-0.2, -0.15) is 0 Å². The summed E-state index contributed by atoms with van der Waals surface area (Å²) in [5.74, 6) is -5.93. The van der Waals surface area contributed by atoms with Crippen LogP contribution in [-0.4, -0.2) is 116 Å². The van der Waals surface area contributed by atoms with E-state index in [1.165, 1.54) is 48.5 Å². The molecule has 0 aliphatic carbocycles. The highest BCUT2D eigenvalue weighted by atomic mass is 16.7. The fourth-order valence-electron chi connectivity index (χ4n) is 14.2. The van der Waals surface area contributed by atoms with E-state index in [2.05, 4.69) is 27.7 Å². The SMILES string of the molecule is [3H]c1cc(C([3H])(C)CC(=O)OCOC(=O)CCc2ccc(O)cc2CCCC)c(CCCC)cc1O.[3H]c1cc(C([3H])CC(=O)OCOC(=O)CCc2ccc(O)cc2CCCC)c(CCCC)cc1O.[3H]c1cc(C([3H])CC(=O)OCOC(=O)CCc2ccc(O)cc2CCCC)c(CCCC)cc1O.[3H]c1cc(C([3H])CC(=O)OCOC(=O)CCc2ccc(O)cc2CCCC)c(CCCC)cc1O. The number of ether oxygens (including phenoxy) is 8. The summed E-state index contributed by atoms with van der Waals surface area (Å²) in [7, 11) is 0. The van der Waals surface area contributed by atoms with Gasteiger partial charge in [-0.3, -0.25) is 38.4 Å². The Balaban J connectivity index is 0.000000331. The summed E-state index contributed by atoms with van der Waals surface area (Å²) >= 11 is 0. The number of aromatic hydroxyl groups is 8. The summed E-state index contributed by atoms with van der Waals surface area (Å²) < 4.78 is 105. The van der Waals surface area contributed by atoms with Gasteiger partial charge in [-0.1, -0.05) is 162 Å². The van der Waals surface area contributed by atoms with Gasteiger partial charge in [0.15, 0.2) is 0 Å². The maximum Gasteiger partial charge on any atom is 0.309 e. The van der Waals surface area contributed by atoms with Crippen molar-refractivity contribution in [3.8, 4) is 46.0 Å². The topological polar surface area (TPSA) is 372 Å². The van der Waals surface area contributed by atoms with Crippen LogP contribution in [0, 0.1) is 0 Å². The molecule has 0 heterocycles. The molecule has 133 heavy (non-hydrogen) atoms. The summed E-state index contributed by atoms with van der Waals surface area (Å²) in [6.07, 6.45) is 19.4. The minimum atomic E-state index is -1.37. The molecule has 4 unspecified atom stereocenters. The number of phenols is 8. The maximum atomic E-state index is 12.4. The Kier molecular flexibility index (Phi) is 47.9. The second-order valence-electron chi connectivity index (χ2n) is 32.6. The van der Waals surface area contributed by atoms with E-state index in [1.807, 2.05) is 52.0 Å². The van der Waals surface area contributed by atoms with Gasteiger partial charge >= 0.3 is 47.8 Å². The molecule has 726 valence electrons. The lowest BCUT2D eigenvalue weighted by molar-refractivity contribution is -0.169. The van der Waals surface area contributed by atoms with Crippen molar-refractivity contribution in [2.75, 3.05) is 27.2 Å². The van der Waals surface area contributed by atoms with E-state index in [0.29, 0.717) is 73.6 Å². The van der Waals surface area contributed by atoms with Crippen molar-refractivity contribution in [3.63, 3.8) is 0 Å². The van der Waals surface area contributed by atoms with Crippen LogP contribution in [-0.2, 0) is 172 Å². The van der Waals surface area contributed by atoms with E-state index in [1.54, 1.807) is 55.5 Å². The molecule has 0 radical (unpaired) electrons. The maximum absolute atomic E-state index is 12.4. The number of carbonyl (C=O) groups is 8. The lowest BCUT2D eigenvalue weighted by Crippen LogP contribution is -2.15. The number of aryl methyl sites for hydroxylation is 15. The van der Waals surface area contributed by atoms with Gasteiger partial charge in [0.25, 0.3) is 0 Å². The molecule has 24 heteroatoms. The Bertz CT molecular complexity index is 4920. The molecular weight excluding hydrogens is 1690 g/mol. The third-order valence-electron chi connectivity index (χ3n) is 21.8. The van der Waals surface area contributed by atoms with Crippen LogP contribution < -0.4 is 0 Å². The van der Waals surface area contributed by atoms with E-state index < -0.39 is 100 Å². The smallest absolute Gasteiger partial charge is 0.309 e. The number of benzene rings is 8. The second kappa shape index (κ2) is 64.7. The molecule has 0 amide bonds. The summed E-state index contributed by atoms with van der Waals surface area (Å²) in [6.45, 7) is 16.0. The number of unbranched alkanes of at least 4 members (excludes halogenated alkanes) is 8. The number of rotatable bonds is 56. The molecular formula is C109H146O24. The molecule has 0 bridgehead atoms. The number of esters is 8. The lowest BCUT2D eigenvalue weighted by atomic mass is 9.90. The number of carbonyl (C=O) groups excluding carboxylic acids is 8. The molecule has 8 aromatic rings. The molecule has 8 rings (SSSR count). The summed E-state index contributed by atoms with van der Waals surface area (Å²) in [5, 5.41) is 78.3. The predicted octanol–water partition coefficient (Wildman–Crippen LogP) is 22.1. The molecule has 4 atom stereocenters. The van der Waals surface area contributed by atoms with E-state index in [0.717, 1.165) is 195 Å². The molecule has 24 nitrogen and oxygen atoms in total. The molecule has 0 aliphatic heterocycles. The largest absolute Gasteiger partial charge is 0.508 e. The quantitative estimate of drug-likeness (QED) is 0.00997. The van der Waals surface area contributed by atoms with Crippen molar-refractivity contribution >= 4 is 47.8 Å². The van der Waals surface area contributed by atoms with E-state index in [9.17, 15) is 79.2 Å². The van der Waals surface area contributed by atoms with Gasteiger partial charge in [-0.05, 0) is 339 Å². The van der Waals surface area contributed by atoms with Crippen LogP contribution in [0.5, 0.6) is 46.0 Å². The molecule has 0 saturated carbocycles. The van der Waals surface area contributed by atoms with Gasteiger partial charge in [0.05, 0.1) is 11.9 Å². The molecule has 8 aromatic carbocycles. The van der Waals surface area contributed by atoms with Crippen molar-refractivity contribution in [1.29, 1.82) is 0 Å². The van der Waals surface area contributed by atoms with Crippen molar-refractivity contribution in [2.24, 2.45) is 0 Å². The number of hydrogen-bond donors (Lipinski definition) is 8. The standard InChI is InChI=1S/C28H38O6.3C27H36O6/c1-4-6-8-22-17-24(29)12-10-21(22)11-15-27(31)33-19-34-28(32)16-20(3)26-14-13-25(30)18-23(26)9-7-5-2;3*1-3-5-7-22-17-24(28)13-9-20(22)11-15-26(30)32-19-33-27(31)16-12-21-10-14-25(29)18-23(21)8-6-4-2/h10,12-14,17-18,20,29-30H,4-9,11,15-16,19H2,1-3H3;3*9-10,13-14,17-18,28-29H,3-8,11-12,15-16,19H2,1-2H3/i13T,20T;3*11T,13T. The van der Waals surface area contributed by atoms with Gasteiger partial charge in [0, 0.05) is 50.4 Å². The van der Waals surface area contributed by atoms with Crippen LogP contribution in [0.25, 0.3) is 0 Å². The Morgan fingerprint density at radius 3 is 0.684 bits per heavy atom. The van der Waals surface area contributed by atoms with Crippen molar-refractivity contribution in [1.82, 2.24) is 0 Å². The third kappa shape index (κ3) is 45.7. The zero-order valence-corrected chi connectivity index (χ0v) is 79.2. The molecule has 0 aromatic heterocycles. The van der Waals surface area contributed by atoms with Crippen molar-refractivity contribution in [3.05, 3.63) is 235 Å². The van der Waals surface area contributed by atoms with Crippen LogP contribution >= 0.6 is 0 Å². The van der Waals surface area contributed by atoms with Crippen LogP contribution in [0.2, 0.25) is 0 Å². The Hall–Kier alpha value is -12.1. The van der Waals surface area contributed by atoms with E-state index in [4.69, 9.17) is 48.9 Å². The van der Waals surface area contributed by atoms with Gasteiger partial charge in [-0.15, -0.1) is 0 Å². The molecule has 0 spiro atoms. The monoisotopic (exact) mass is 1860 g/mol. The molecule has 0 aliphatic rings. The Morgan fingerprint density at radius 2 is 0.444 bits per heavy atom. The Labute approximate surface area is 798 Å². The van der Waals surface area contributed by atoms with E-state index >= 15 is 0 Å². The minimum absolute atomic E-state index is 0.0914. The summed E-state index contributed by atoms with van der Waals surface area (Å²) in [5.41, 5.74) is 12.9. The molecule has 0 fully saturated rings. The van der Waals surface area contributed by atoms with Crippen LogP contribution in [0.4, 0.5) is 0 Å². The number of phenolic OH excluding ortho intramolecular Hbond substituents is 8. The van der Waals surface area contributed by atoms with Gasteiger partial charge in [-0.25, -0.2) is 0 Å². The third-order valence-corrected chi connectivity index (χ3v) is 21.8. The van der Waals surface area contributed by atoms with Crippen LogP contribution in [0.15, 0.2) is 145 Å². The van der Waals surface area contributed by atoms with Crippen molar-refractivity contribution < 1.29 is 128 Å². The normalized spacial score (nSPS) is 12.8. The van der Waals surface area contributed by atoms with Gasteiger partial charge < -0.3 is 78.7 Å². The highest BCUT2D eigenvalue weighted by Gasteiger charge is 2.21. The second-order valence-corrected chi connectivity index (χ2v) is 32.6. The molecule has 0 saturated heterocycles. The molecule has 8 N–H and O–H groups in total. The fraction of sp³-hybridized carbons (Fsp3) is 0.486. The Morgan fingerprint density at radius 1 is 0.248 bits per heavy atom. The highest BCUT2D eigenvalue weighted by molar-refractivity contribution is 5.74. The van der Waals surface area contributed by atoms with Gasteiger partial charge in [0.1, 0.15) is 46.0 Å². The average molecular weight is 1860 g/mol. The first-order valence-corrected chi connectivity index (χ1v) is 46.9. The first kappa shape index (κ1) is 98.4. The zero-order chi connectivity index (χ0) is 104. The van der Waals surface area contributed by atoms with Crippen LogP contribution in [0.3, 0.4) is 0 Å². The summed E-state index contributed by atoms with van der Waals surface area (Å²) in [6, 6.07) is 31.8. The predicted molar refractivity (Wildman–Crippen MR) is 513 cm³/mol. The highest BCUT2D eigenvalue weighted by Crippen LogP contribution is 2.31. The first-order valence-electron chi connectivity index (χ1n) is 51.1. The average Bonchev–Trinajstić information content (AvgIpc) is 0.792. The van der Waals surface area contributed by atoms with E-state index in [-0.39, 0.29) is 122 Å². The fourth-order valence-corrected chi connectivity index (χ4v) is 14.2. The number of hydrogen-bond acceptors (Lipinski definition) is 24. The van der Waals surface area contributed by atoms with Gasteiger partial charge in [0.2, 0.25) is 27.2 Å². The lowest BCUT2D eigenvalue weighted by Gasteiger charge is -2.16. The first-order chi connectivity index (χ1) is 67.3. The van der Waals surface area contributed by atoms with Crippen molar-refractivity contribution in [2.45, 2.75) is 319 Å². The zero-order valence-electron chi connectivity index (χ0n) is 87.2. The minimum Gasteiger partial charge on any atom is -0.508 e.